The van der Waals surface area contributed by atoms with Crippen LogP contribution in [0, 0.1) is 0 Å². The smallest absolute Gasteiger partial charge is 0.224 e. The molecule has 1 N–H and O–H groups in total. The summed E-state index contributed by atoms with van der Waals surface area (Å²) in [6.07, 6.45) is 2.52. The molecule has 1 saturated heterocycles. The van der Waals surface area contributed by atoms with Gasteiger partial charge in [0.05, 0.1) is 5.69 Å². The molecule has 1 aliphatic rings. The maximum Gasteiger partial charge on any atom is 0.224 e. The van der Waals surface area contributed by atoms with Gasteiger partial charge in [-0.3, -0.25) is 4.90 Å². The lowest BCUT2D eigenvalue weighted by molar-refractivity contribution is 0.277. The Morgan fingerprint density at radius 3 is 2.86 bits per heavy atom. The summed E-state index contributed by atoms with van der Waals surface area (Å²) in [5, 5.41) is 3.70. The van der Waals surface area contributed by atoms with E-state index in [9.17, 15) is 0 Å². The van der Waals surface area contributed by atoms with Crippen molar-refractivity contribution in [1.82, 2.24) is 14.9 Å². The molecular formula is C17H21ClN4. The number of aromatic nitrogens is 2. The quantitative estimate of drug-likeness (QED) is 0.854. The normalized spacial score (nSPS) is 18.5. The Labute approximate surface area is 136 Å². The van der Waals surface area contributed by atoms with Crippen LogP contribution in [0.1, 0.15) is 19.8 Å². The minimum Gasteiger partial charge on any atom is -0.368 e. The second-order valence-corrected chi connectivity index (χ2v) is 5.92. The lowest BCUT2D eigenvalue weighted by atomic mass is 10.1. The summed E-state index contributed by atoms with van der Waals surface area (Å²) in [6.45, 7) is 5.41. The fourth-order valence-electron chi connectivity index (χ4n) is 3.03. The Bertz CT molecular complexity index is 617. The summed E-state index contributed by atoms with van der Waals surface area (Å²) in [7, 11) is 0. The van der Waals surface area contributed by atoms with Crippen LogP contribution >= 0.6 is 11.6 Å². The number of nitrogens with zero attached hydrogens (tertiary/aromatic N) is 3. The zero-order valence-corrected chi connectivity index (χ0v) is 13.6. The van der Waals surface area contributed by atoms with Crippen LogP contribution < -0.4 is 5.32 Å². The molecule has 0 amide bonds. The van der Waals surface area contributed by atoms with Crippen LogP contribution in [0.5, 0.6) is 0 Å². The predicted octanol–water partition coefficient (Wildman–Crippen LogP) is 3.69. The van der Waals surface area contributed by atoms with Crippen LogP contribution in [0.15, 0.2) is 36.4 Å². The molecule has 1 aromatic carbocycles. The topological polar surface area (TPSA) is 41.0 Å². The van der Waals surface area contributed by atoms with Crippen molar-refractivity contribution in [2.45, 2.75) is 25.8 Å². The van der Waals surface area contributed by atoms with Crippen LogP contribution in [-0.4, -0.2) is 40.5 Å². The van der Waals surface area contributed by atoms with Gasteiger partial charge in [0.15, 0.2) is 0 Å². The number of benzene rings is 1. The Kier molecular flexibility index (Phi) is 4.90. The van der Waals surface area contributed by atoms with Crippen molar-refractivity contribution in [2.75, 3.05) is 25.0 Å². The number of halogens is 1. The molecule has 1 aliphatic heterocycles. The monoisotopic (exact) mass is 316 g/mol. The summed E-state index contributed by atoms with van der Waals surface area (Å²) >= 11 is 6.08. The number of likely N-dealkylation sites (tertiary alicyclic amines) is 1. The van der Waals surface area contributed by atoms with Gasteiger partial charge < -0.3 is 5.32 Å². The van der Waals surface area contributed by atoms with E-state index in [1.165, 1.54) is 19.4 Å². The molecular weight excluding hydrogens is 296 g/mol. The first-order valence-corrected chi connectivity index (χ1v) is 8.22. The van der Waals surface area contributed by atoms with Crippen molar-refractivity contribution in [3.05, 3.63) is 41.7 Å². The highest BCUT2D eigenvalue weighted by Crippen LogP contribution is 2.22. The molecule has 2 heterocycles. The number of rotatable bonds is 5. The molecule has 0 saturated carbocycles. The molecule has 0 bridgehead atoms. The summed E-state index contributed by atoms with van der Waals surface area (Å²) in [5.41, 5.74) is 1.90. The summed E-state index contributed by atoms with van der Waals surface area (Å²) in [4.78, 5) is 11.1. The maximum atomic E-state index is 6.08. The first-order chi connectivity index (χ1) is 10.8. The number of likely N-dealkylation sites (N-methyl/N-ethyl adjacent to an activating group) is 1. The predicted molar refractivity (Wildman–Crippen MR) is 91.2 cm³/mol. The largest absolute Gasteiger partial charge is 0.368 e. The van der Waals surface area contributed by atoms with Crippen molar-refractivity contribution < 1.29 is 0 Å². The van der Waals surface area contributed by atoms with Gasteiger partial charge in [-0.25, -0.2) is 9.97 Å². The molecule has 116 valence electrons. The van der Waals surface area contributed by atoms with Crippen molar-refractivity contribution in [3.63, 3.8) is 0 Å². The highest BCUT2D eigenvalue weighted by atomic mass is 35.5. The van der Waals surface area contributed by atoms with Crippen molar-refractivity contribution in [3.8, 4) is 11.3 Å². The number of hydrogen-bond acceptors (Lipinski definition) is 4. The SMILES string of the molecule is CCN1CCC[C@@H]1CNc1cc(-c2ccccc2)nc(Cl)n1. The third kappa shape index (κ3) is 3.57. The van der Waals surface area contributed by atoms with E-state index in [0.717, 1.165) is 30.2 Å². The van der Waals surface area contributed by atoms with Gasteiger partial charge >= 0.3 is 0 Å². The number of hydrogen-bond donors (Lipinski definition) is 1. The summed E-state index contributed by atoms with van der Waals surface area (Å²) < 4.78 is 0. The van der Waals surface area contributed by atoms with E-state index in [2.05, 4.69) is 27.1 Å². The van der Waals surface area contributed by atoms with Gasteiger partial charge in [-0.05, 0) is 37.5 Å². The number of anilines is 1. The Hall–Kier alpha value is -1.65. The molecule has 1 aromatic heterocycles. The summed E-state index contributed by atoms with van der Waals surface area (Å²) in [5.74, 6) is 0.793. The van der Waals surface area contributed by atoms with Gasteiger partial charge in [-0.1, -0.05) is 37.3 Å². The highest BCUT2D eigenvalue weighted by Gasteiger charge is 2.22. The standard InChI is InChI=1S/C17H21ClN4/c1-2-22-10-6-9-14(22)12-19-16-11-15(20-17(18)21-16)13-7-4-3-5-8-13/h3-5,7-8,11,14H,2,6,9-10,12H2,1H3,(H,19,20,21)/t14-/m1/s1. The van der Waals surface area contributed by atoms with E-state index >= 15 is 0 Å². The molecule has 22 heavy (non-hydrogen) atoms. The zero-order chi connectivity index (χ0) is 15.4. The van der Waals surface area contributed by atoms with E-state index < -0.39 is 0 Å². The Morgan fingerprint density at radius 2 is 2.09 bits per heavy atom. The van der Waals surface area contributed by atoms with Crippen molar-refractivity contribution >= 4 is 17.4 Å². The first kappa shape index (κ1) is 15.3. The van der Waals surface area contributed by atoms with Crippen molar-refractivity contribution in [2.24, 2.45) is 0 Å². The van der Waals surface area contributed by atoms with E-state index in [1.54, 1.807) is 0 Å². The third-order valence-corrected chi connectivity index (χ3v) is 4.36. The first-order valence-electron chi connectivity index (χ1n) is 7.84. The van der Waals surface area contributed by atoms with Crippen LogP contribution in [-0.2, 0) is 0 Å². The van der Waals surface area contributed by atoms with Crippen molar-refractivity contribution in [1.29, 1.82) is 0 Å². The Morgan fingerprint density at radius 1 is 1.27 bits per heavy atom. The molecule has 0 radical (unpaired) electrons. The molecule has 3 rings (SSSR count). The minimum atomic E-state index is 0.280. The molecule has 5 heteroatoms. The van der Waals surface area contributed by atoms with Gasteiger partial charge in [-0.15, -0.1) is 0 Å². The fraction of sp³-hybridized carbons (Fsp3) is 0.412. The summed E-state index contributed by atoms with van der Waals surface area (Å²) in [6, 6.07) is 12.6. The van der Waals surface area contributed by atoms with Gasteiger partial charge in [0.25, 0.3) is 0 Å². The second kappa shape index (κ2) is 7.07. The van der Waals surface area contributed by atoms with E-state index in [0.29, 0.717) is 6.04 Å². The fourth-order valence-corrected chi connectivity index (χ4v) is 3.21. The average Bonchev–Trinajstić information content (AvgIpc) is 3.01. The highest BCUT2D eigenvalue weighted by molar-refractivity contribution is 6.28. The Balaban J connectivity index is 1.73. The van der Waals surface area contributed by atoms with Crippen LogP contribution in [0.25, 0.3) is 11.3 Å². The van der Waals surface area contributed by atoms with Crippen LogP contribution in [0.3, 0.4) is 0 Å². The van der Waals surface area contributed by atoms with Gasteiger partial charge in [0, 0.05) is 24.2 Å². The molecule has 0 spiro atoms. The second-order valence-electron chi connectivity index (χ2n) is 5.58. The lowest BCUT2D eigenvalue weighted by Crippen LogP contribution is -2.34. The molecule has 0 aliphatic carbocycles. The molecule has 1 fully saturated rings. The van der Waals surface area contributed by atoms with Gasteiger partial charge in [0.1, 0.15) is 5.82 Å². The maximum absolute atomic E-state index is 6.08. The van der Waals surface area contributed by atoms with Gasteiger partial charge in [-0.2, -0.15) is 0 Å². The minimum absolute atomic E-state index is 0.280. The van der Waals surface area contributed by atoms with Crippen LogP contribution in [0.4, 0.5) is 5.82 Å². The van der Waals surface area contributed by atoms with Crippen LogP contribution in [0.2, 0.25) is 5.28 Å². The van der Waals surface area contributed by atoms with E-state index in [4.69, 9.17) is 11.6 Å². The molecule has 2 aromatic rings. The van der Waals surface area contributed by atoms with E-state index in [-0.39, 0.29) is 5.28 Å². The molecule has 1 atom stereocenters. The molecule has 0 unspecified atom stereocenters. The average molecular weight is 317 g/mol. The lowest BCUT2D eigenvalue weighted by Gasteiger charge is -2.23. The van der Waals surface area contributed by atoms with Gasteiger partial charge in [0.2, 0.25) is 5.28 Å². The van der Waals surface area contributed by atoms with E-state index in [1.807, 2.05) is 36.4 Å². The third-order valence-electron chi connectivity index (χ3n) is 4.19. The molecule has 4 nitrogen and oxygen atoms in total. The number of nitrogens with one attached hydrogen (secondary N) is 1. The zero-order valence-electron chi connectivity index (χ0n) is 12.8.